The van der Waals surface area contributed by atoms with Crippen LogP contribution >= 0.6 is 11.6 Å². The lowest BCUT2D eigenvalue weighted by atomic mass is 10.1. The molecule has 1 aromatic heterocycles. The van der Waals surface area contributed by atoms with E-state index < -0.39 is 18.7 Å². The smallest absolute Gasteiger partial charge is 0.408 e. The topological polar surface area (TPSA) is 44.1 Å². The fourth-order valence-corrected chi connectivity index (χ4v) is 1.99. The van der Waals surface area contributed by atoms with Crippen LogP contribution in [0.3, 0.4) is 0 Å². The zero-order valence-electron chi connectivity index (χ0n) is 11.5. The van der Waals surface area contributed by atoms with E-state index in [1.807, 2.05) is 0 Å². The van der Waals surface area contributed by atoms with Gasteiger partial charge in [0, 0.05) is 16.8 Å². The van der Waals surface area contributed by atoms with Crippen LogP contribution in [-0.4, -0.2) is 28.5 Å². The summed E-state index contributed by atoms with van der Waals surface area (Å²) in [6, 6.07) is 6.28. The van der Waals surface area contributed by atoms with E-state index in [2.05, 4.69) is 5.10 Å². The number of rotatable bonds is 4. The first kappa shape index (κ1) is 16.4. The van der Waals surface area contributed by atoms with E-state index in [0.717, 1.165) is 6.20 Å². The van der Waals surface area contributed by atoms with Gasteiger partial charge >= 0.3 is 12.1 Å². The highest BCUT2D eigenvalue weighted by Gasteiger charge is 2.30. The minimum atomic E-state index is -4.44. The predicted molar refractivity (Wildman–Crippen MR) is 74.7 cm³/mol. The lowest BCUT2D eigenvalue weighted by molar-refractivity contribution is -0.142. The van der Waals surface area contributed by atoms with Crippen LogP contribution in [0.15, 0.2) is 30.5 Å². The molecule has 118 valence electrons. The zero-order chi connectivity index (χ0) is 16.3. The molecule has 2 rings (SSSR count). The largest absolute Gasteiger partial charge is 0.462 e. The Kier molecular flexibility index (Phi) is 4.75. The third kappa shape index (κ3) is 4.00. The third-order valence-corrected chi connectivity index (χ3v) is 2.97. The van der Waals surface area contributed by atoms with Gasteiger partial charge in [-0.05, 0) is 19.1 Å². The number of hydrogen-bond donors (Lipinski definition) is 0. The van der Waals surface area contributed by atoms with Crippen LogP contribution in [0.25, 0.3) is 11.3 Å². The highest BCUT2D eigenvalue weighted by Crippen LogP contribution is 2.26. The summed E-state index contributed by atoms with van der Waals surface area (Å²) in [4.78, 5) is 11.9. The summed E-state index contributed by atoms with van der Waals surface area (Å²) in [7, 11) is 0. The molecular weight excluding hydrogens is 321 g/mol. The van der Waals surface area contributed by atoms with E-state index in [1.165, 1.54) is 0 Å². The number of ether oxygens (including phenoxy) is 1. The second-order valence-electron chi connectivity index (χ2n) is 4.43. The number of carbonyl (C=O) groups excluding carboxylic acids is 1. The summed E-state index contributed by atoms with van der Waals surface area (Å²) in [6.07, 6.45) is -3.40. The molecule has 22 heavy (non-hydrogen) atoms. The maximum absolute atomic E-state index is 12.5. The Morgan fingerprint density at radius 2 is 1.95 bits per heavy atom. The van der Waals surface area contributed by atoms with Gasteiger partial charge in [-0.15, -0.1) is 0 Å². The number of benzene rings is 1. The van der Waals surface area contributed by atoms with E-state index in [0.29, 0.717) is 15.3 Å². The molecule has 0 aliphatic rings. The quantitative estimate of drug-likeness (QED) is 0.796. The molecule has 0 amide bonds. The average Bonchev–Trinajstić information content (AvgIpc) is 2.81. The van der Waals surface area contributed by atoms with E-state index in [-0.39, 0.29) is 17.9 Å². The molecule has 0 aliphatic carbocycles. The van der Waals surface area contributed by atoms with Gasteiger partial charge in [-0.1, -0.05) is 23.7 Å². The van der Waals surface area contributed by atoms with Gasteiger partial charge in [0.1, 0.15) is 17.8 Å². The normalized spacial score (nSPS) is 11.5. The molecule has 0 saturated carbocycles. The van der Waals surface area contributed by atoms with Crippen LogP contribution in [-0.2, 0) is 11.3 Å². The van der Waals surface area contributed by atoms with Crippen molar-refractivity contribution in [2.75, 3.05) is 6.61 Å². The summed E-state index contributed by atoms with van der Waals surface area (Å²) in [6.45, 7) is 0.441. The van der Waals surface area contributed by atoms with Gasteiger partial charge in [-0.2, -0.15) is 18.3 Å². The molecule has 8 heteroatoms. The average molecular weight is 333 g/mol. The maximum atomic E-state index is 12.5. The summed E-state index contributed by atoms with van der Waals surface area (Å²) in [5.74, 6) is -0.721. The number of alkyl halides is 3. The van der Waals surface area contributed by atoms with Gasteiger partial charge in [0.25, 0.3) is 0 Å². The summed E-state index contributed by atoms with van der Waals surface area (Å²) in [5.41, 5.74) is 0.584. The lowest BCUT2D eigenvalue weighted by Gasteiger charge is -2.05. The van der Waals surface area contributed by atoms with E-state index in [1.54, 1.807) is 31.2 Å². The molecule has 0 fully saturated rings. The van der Waals surface area contributed by atoms with Crippen molar-refractivity contribution in [3.05, 3.63) is 41.0 Å². The van der Waals surface area contributed by atoms with E-state index in [4.69, 9.17) is 16.3 Å². The molecule has 0 aliphatic heterocycles. The molecule has 1 heterocycles. The fourth-order valence-electron chi connectivity index (χ4n) is 1.87. The van der Waals surface area contributed by atoms with Gasteiger partial charge in [0.15, 0.2) is 0 Å². The molecule has 0 atom stereocenters. The molecule has 0 radical (unpaired) electrons. The Morgan fingerprint density at radius 3 is 2.50 bits per heavy atom. The van der Waals surface area contributed by atoms with E-state index >= 15 is 0 Å². The monoisotopic (exact) mass is 332 g/mol. The van der Waals surface area contributed by atoms with Crippen LogP contribution in [0, 0.1) is 0 Å². The molecule has 1 aromatic carbocycles. The van der Waals surface area contributed by atoms with Gasteiger partial charge in [-0.3, -0.25) is 4.68 Å². The SMILES string of the molecule is CCOC(=O)c1cn(CC(F)(F)F)nc1-c1ccc(Cl)cc1. The zero-order valence-corrected chi connectivity index (χ0v) is 12.3. The van der Waals surface area contributed by atoms with Crippen LogP contribution in [0.1, 0.15) is 17.3 Å². The highest BCUT2D eigenvalue weighted by atomic mass is 35.5. The van der Waals surface area contributed by atoms with Crippen molar-refractivity contribution in [1.29, 1.82) is 0 Å². The fraction of sp³-hybridized carbons (Fsp3) is 0.286. The maximum Gasteiger partial charge on any atom is 0.408 e. The van der Waals surface area contributed by atoms with Gasteiger partial charge in [0.05, 0.1) is 6.61 Å². The van der Waals surface area contributed by atoms with Crippen LogP contribution in [0.4, 0.5) is 13.2 Å². The Bertz CT molecular complexity index is 666. The van der Waals surface area contributed by atoms with Crippen LogP contribution in [0.5, 0.6) is 0 Å². The van der Waals surface area contributed by atoms with Crippen molar-refractivity contribution in [2.45, 2.75) is 19.6 Å². The molecule has 4 nitrogen and oxygen atoms in total. The molecule has 0 unspecified atom stereocenters. The number of esters is 1. The van der Waals surface area contributed by atoms with Crippen molar-refractivity contribution in [3.8, 4) is 11.3 Å². The molecule has 0 bridgehead atoms. The number of hydrogen-bond acceptors (Lipinski definition) is 3. The van der Waals surface area contributed by atoms with Crippen molar-refractivity contribution in [1.82, 2.24) is 9.78 Å². The minimum absolute atomic E-state index is 0.0200. The summed E-state index contributed by atoms with van der Waals surface area (Å²) >= 11 is 5.78. The number of nitrogens with zero attached hydrogens (tertiary/aromatic N) is 2. The van der Waals surface area contributed by atoms with Crippen molar-refractivity contribution < 1.29 is 22.7 Å². The Hall–Kier alpha value is -2.02. The summed E-state index contributed by atoms with van der Waals surface area (Å²) < 4.78 is 43.0. The first-order valence-corrected chi connectivity index (χ1v) is 6.75. The van der Waals surface area contributed by atoms with Gasteiger partial charge in [-0.25, -0.2) is 4.79 Å². The highest BCUT2D eigenvalue weighted by molar-refractivity contribution is 6.30. The molecule has 0 spiro atoms. The van der Waals surface area contributed by atoms with Gasteiger partial charge < -0.3 is 4.74 Å². The Balaban J connectivity index is 2.45. The second-order valence-corrected chi connectivity index (χ2v) is 4.87. The number of aromatic nitrogens is 2. The Morgan fingerprint density at radius 1 is 1.32 bits per heavy atom. The first-order chi connectivity index (χ1) is 10.3. The predicted octanol–water partition coefficient (Wildman–Crippen LogP) is 3.94. The Labute approximate surface area is 129 Å². The van der Waals surface area contributed by atoms with E-state index in [9.17, 15) is 18.0 Å². The van der Waals surface area contributed by atoms with Crippen molar-refractivity contribution in [3.63, 3.8) is 0 Å². The standard InChI is InChI=1S/C14H12ClF3N2O2/c1-2-22-13(21)11-7-20(8-14(16,17)18)19-12(11)9-3-5-10(15)6-4-9/h3-7H,2,8H2,1H3. The number of carbonyl (C=O) groups is 1. The molecule has 0 N–H and O–H groups in total. The minimum Gasteiger partial charge on any atom is -0.462 e. The lowest BCUT2D eigenvalue weighted by Crippen LogP contribution is -2.18. The number of halogens is 4. The second kappa shape index (κ2) is 6.39. The molecule has 0 saturated heterocycles. The first-order valence-electron chi connectivity index (χ1n) is 6.37. The molecular formula is C14H12ClF3N2O2. The molecule has 2 aromatic rings. The van der Waals surface area contributed by atoms with Gasteiger partial charge in [0.2, 0.25) is 0 Å². The van der Waals surface area contributed by atoms with Crippen LogP contribution in [0.2, 0.25) is 5.02 Å². The van der Waals surface area contributed by atoms with Crippen molar-refractivity contribution in [2.24, 2.45) is 0 Å². The third-order valence-electron chi connectivity index (χ3n) is 2.72. The summed E-state index contributed by atoms with van der Waals surface area (Å²) in [5, 5.41) is 4.32. The van der Waals surface area contributed by atoms with Crippen molar-refractivity contribution >= 4 is 17.6 Å². The van der Waals surface area contributed by atoms with Crippen LogP contribution < -0.4 is 0 Å².